The highest BCUT2D eigenvalue weighted by Gasteiger charge is 2.38. The zero-order valence-electron chi connectivity index (χ0n) is 15.6. The van der Waals surface area contributed by atoms with Gasteiger partial charge in [0.2, 0.25) is 11.9 Å². The zero-order chi connectivity index (χ0) is 18.7. The first-order chi connectivity index (χ1) is 12.4. The van der Waals surface area contributed by atoms with Crippen LogP contribution in [0.25, 0.3) is 0 Å². The maximum absolute atomic E-state index is 12.5. The van der Waals surface area contributed by atoms with E-state index < -0.39 is 5.60 Å². The molecule has 0 aliphatic carbocycles. The molecular formula is C18H26N6O2. The van der Waals surface area contributed by atoms with Gasteiger partial charge in [-0.15, -0.1) is 0 Å². The predicted molar refractivity (Wildman–Crippen MR) is 97.7 cm³/mol. The van der Waals surface area contributed by atoms with Crippen LogP contribution in [0.2, 0.25) is 0 Å². The first-order valence-electron chi connectivity index (χ1n) is 8.84. The van der Waals surface area contributed by atoms with Crippen LogP contribution in [-0.2, 0) is 18.3 Å². The normalized spacial score (nSPS) is 19.8. The molecule has 3 rings (SSSR count). The molecule has 8 nitrogen and oxygen atoms in total. The van der Waals surface area contributed by atoms with Gasteiger partial charge < -0.3 is 14.9 Å². The molecule has 1 aliphatic heterocycles. The Labute approximate surface area is 153 Å². The Morgan fingerprint density at radius 1 is 1.38 bits per heavy atom. The van der Waals surface area contributed by atoms with E-state index in [1.807, 2.05) is 25.1 Å². The lowest BCUT2D eigenvalue weighted by molar-refractivity contribution is -0.132. The Kier molecular flexibility index (Phi) is 5.22. The monoisotopic (exact) mass is 358 g/mol. The van der Waals surface area contributed by atoms with Crippen molar-refractivity contribution in [1.29, 1.82) is 0 Å². The number of rotatable bonds is 6. The summed E-state index contributed by atoms with van der Waals surface area (Å²) in [4.78, 5) is 24.5. The number of likely N-dealkylation sites (N-methyl/N-ethyl adjacent to an activating group) is 1. The first kappa shape index (κ1) is 18.3. The van der Waals surface area contributed by atoms with Gasteiger partial charge in [-0.2, -0.15) is 5.10 Å². The van der Waals surface area contributed by atoms with Crippen LogP contribution in [0.5, 0.6) is 0 Å². The number of carbonyl (C=O) groups excluding carboxylic acids is 1. The molecule has 26 heavy (non-hydrogen) atoms. The van der Waals surface area contributed by atoms with E-state index >= 15 is 0 Å². The molecule has 1 N–H and O–H groups in total. The average molecular weight is 358 g/mol. The van der Waals surface area contributed by atoms with Crippen LogP contribution >= 0.6 is 0 Å². The Morgan fingerprint density at radius 2 is 2.12 bits per heavy atom. The van der Waals surface area contributed by atoms with Gasteiger partial charge >= 0.3 is 0 Å². The van der Waals surface area contributed by atoms with Gasteiger partial charge in [0.15, 0.2) is 0 Å². The molecule has 0 aromatic carbocycles. The Morgan fingerprint density at radius 3 is 2.77 bits per heavy atom. The van der Waals surface area contributed by atoms with E-state index in [4.69, 9.17) is 0 Å². The average Bonchev–Trinajstić information content (AvgIpc) is 3.15. The van der Waals surface area contributed by atoms with Crippen LogP contribution < -0.4 is 4.90 Å². The number of nitrogens with zero attached hydrogens (tertiary/aromatic N) is 6. The van der Waals surface area contributed by atoms with Gasteiger partial charge in [-0.3, -0.25) is 9.48 Å². The molecule has 1 fully saturated rings. The summed E-state index contributed by atoms with van der Waals surface area (Å²) >= 11 is 0. The molecule has 2 aromatic heterocycles. The van der Waals surface area contributed by atoms with Crippen molar-refractivity contribution in [3.8, 4) is 0 Å². The van der Waals surface area contributed by atoms with E-state index in [1.165, 1.54) is 0 Å². The van der Waals surface area contributed by atoms with Gasteiger partial charge in [-0.1, -0.05) is 0 Å². The first-order valence-corrected chi connectivity index (χ1v) is 8.84. The molecule has 1 aliphatic rings. The van der Waals surface area contributed by atoms with E-state index in [0.717, 1.165) is 11.3 Å². The van der Waals surface area contributed by atoms with Crippen molar-refractivity contribution in [3.63, 3.8) is 0 Å². The summed E-state index contributed by atoms with van der Waals surface area (Å²) in [5.41, 5.74) is 1.10. The highest BCUT2D eigenvalue weighted by atomic mass is 16.3. The molecule has 3 heterocycles. The van der Waals surface area contributed by atoms with Crippen molar-refractivity contribution >= 4 is 11.9 Å². The number of aliphatic hydroxyl groups is 1. The highest BCUT2D eigenvalue weighted by molar-refractivity contribution is 5.76. The fourth-order valence-corrected chi connectivity index (χ4v) is 3.47. The number of anilines is 1. The second kappa shape index (κ2) is 7.41. The standard InChI is InChI=1S/C18H26N6O2/c1-14-15(11-23(3)21-14)5-6-16(25)22(2)12-18(26)7-10-24(13-18)17-19-8-4-9-20-17/h4,8-9,11,26H,5-7,10,12-13H2,1-3H3/t18-/m1/s1. The number of amides is 1. The maximum Gasteiger partial charge on any atom is 0.225 e. The van der Waals surface area contributed by atoms with Crippen molar-refractivity contribution in [3.05, 3.63) is 35.9 Å². The van der Waals surface area contributed by atoms with Crippen LogP contribution in [0.1, 0.15) is 24.1 Å². The number of aryl methyl sites for hydroxylation is 3. The summed E-state index contributed by atoms with van der Waals surface area (Å²) in [5.74, 6) is 0.639. The molecule has 0 saturated carbocycles. The third-order valence-corrected chi connectivity index (χ3v) is 4.85. The van der Waals surface area contributed by atoms with E-state index in [1.54, 1.807) is 35.1 Å². The molecule has 0 radical (unpaired) electrons. The van der Waals surface area contributed by atoms with E-state index in [0.29, 0.717) is 44.8 Å². The van der Waals surface area contributed by atoms with Crippen molar-refractivity contribution in [1.82, 2.24) is 24.6 Å². The molecule has 0 spiro atoms. The zero-order valence-corrected chi connectivity index (χ0v) is 15.6. The molecule has 1 atom stereocenters. The highest BCUT2D eigenvalue weighted by Crippen LogP contribution is 2.25. The molecule has 2 aromatic rings. The second-order valence-corrected chi connectivity index (χ2v) is 7.11. The lowest BCUT2D eigenvalue weighted by Gasteiger charge is -2.29. The third-order valence-electron chi connectivity index (χ3n) is 4.85. The summed E-state index contributed by atoms with van der Waals surface area (Å²) in [7, 11) is 3.63. The minimum atomic E-state index is -0.937. The number of hydrogen-bond donors (Lipinski definition) is 1. The summed E-state index contributed by atoms with van der Waals surface area (Å²) in [6.45, 7) is 3.36. The molecule has 140 valence electrons. The molecule has 0 unspecified atom stereocenters. The third kappa shape index (κ3) is 4.19. The van der Waals surface area contributed by atoms with E-state index in [9.17, 15) is 9.90 Å². The SMILES string of the molecule is Cc1nn(C)cc1CCC(=O)N(C)C[C@]1(O)CCN(c2ncccn2)C1. The van der Waals surface area contributed by atoms with Crippen LogP contribution in [0, 0.1) is 6.92 Å². The Hall–Kier alpha value is -2.48. The Balaban J connectivity index is 1.53. The predicted octanol–water partition coefficient (Wildman–Crippen LogP) is 0.551. The van der Waals surface area contributed by atoms with Gasteiger partial charge in [-0.05, 0) is 31.4 Å². The lowest BCUT2D eigenvalue weighted by atomic mass is 10.0. The molecule has 0 bridgehead atoms. The van der Waals surface area contributed by atoms with Crippen LogP contribution in [0.4, 0.5) is 5.95 Å². The quantitative estimate of drug-likeness (QED) is 0.811. The number of β-amino-alcohol motifs (C(OH)–C–C–N with tert-alkyl or cyclic N) is 1. The van der Waals surface area contributed by atoms with Crippen LogP contribution in [-0.4, -0.2) is 67.9 Å². The van der Waals surface area contributed by atoms with Crippen LogP contribution in [0.3, 0.4) is 0 Å². The smallest absolute Gasteiger partial charge is 0.225 e. The van der Waals surface area contributed by atoms with Gasteiger partial charge in [0, 0.05) is 45.7 Å². The molecule has 8 heteroatoms. The topological polar surface area (TPSA) is 87.4 Å². The number of aromatic nitrogens is 4. The van der Waals surface area contributed by atoms with E-state index in [2.05, 4.69) is 15.1 Å². The minimum absolute atomic E-state index is 0.0242. The molecule has 1 saturated heterocycles. The van der Waals surface area contributed by atoms with Crippen molar-refractivity contribution < 1.29 is 9.90 Å². The largest absolute Gasteiger partial charge is 0.386 e. The van der Waals surface area contributed by atoms with E-state index in [-0.39, 0.29) is 5.91 Å². The van der Waals surface area contributed by atoms with Gasteiger partial charge in [0.05, 0.1) is 18.8 Å². The summed E-state index contributed by atoms with van der Waals surface area (Å²) < 4.78 is 1.76. The summed E-state index contributed by atoms with van der Waals surface area (Å²) in [6, 6.07) is 1.77. The number of carbonyl (C=O) groups is 1. The fourth-order valence-electron chi connectivity index (χ4n) is 3.47. The summed E-state index contributed by atoms with van der Waals surface area (Å²) in [6.07, 6.45) is 6.98. The van der Waals surface area contributed by atoms with Crippen molar-refractivity contribution in [2.75, 3.05) is 31.6 Å². The molecular weight excluding hydrogens is 332 g/mol. The van der Waals surface area contributed by atoms with Gasteiger partial charge in [0.25, 0.3) is 0 Å². The molecule has 1 amide bonds. The van der Waals surface area contributed by atoms with Gasteiger partial charge in [-0.25, -0.2) is 9.97 Å². The fraction of sp³-hybridized carbons (Fsp3) is 0.556. The maximum atomic E-state index is 12.5. The summed E-state index contributed by atoms with van der Waals surface area (Å²) in [5, 5.41) is 15.2. The minimum Gasteiger partial charge on any atom is -0.386 e. The van der Waals surface area contributed by atoms with Crippen molar-refractivity contribution in [2.24, 2.45) is 7.05 Å². The lowest BCUT2D eigenvalue weighted by Crippen LogP contribution is -2.46. The van der Waals surface area contributed by atoms with Crippen LogP contribution in [0.15, 0.2) is 24.7 Å². The Bertz CT molecular complexity index is 762. The van der Waals surface area contributed by atoms with Gasteiger partial charge in [0.1, 0.15) is 5.60 Å². The number of hydrogen-bond acceptors (Lipinski definition) is 6. The second-order valence-electron chi connectivity index (χ2n) is 7.11. The van der Waals surface area contributed by atoms with Crippen molar-refractivity contribution in [2.45, 2.75) is 31.8 Å².